The van der Waals surface area contributed by atoms with Crippen molar-refractivity contribution in [3.05, 3.63) is 24.4 Å². The number of anilines is 1. The fourth-order valence-corrected chi connectivity index (χ4v) is 3.83. The molecule has 1 saturated heterocycles. The molecule has 24 heavy (non-hydrogen) atoms. The molecule has 5 rings (SSSR count). The molecule has 1 aromatic carbocycles. The third kappa shape index (κ3) is 1.81. The van der Waals surface area contributed by atoms with Crippen LogP contribution in [0, 0.1) is 0 Å². The van der Waals surface area contributed by atoms with Gasteiger partial charge in [0.2, 0.25) is 0 Å². The van der Waals surface area contributed by atoms with Gasteiger partial charge in [-0.05, 0) is 32.2 Å². The Bertz CT molecular complexity index is 880. The Morgan fingerprint density at radius 2 is 2.17 bits per heavy atom. The van der Waals surface area contributed by atoms with Crippen LogP contribution in [0.3, 0.4) is 0 Å². The number of likely N-dealkylation sites (tertiary alicyclic amines) is 1. The van der Waals surface area contributed by atoms with Gasteiger partial charge in [-0.15, -0.1) is 0 Å². The summed E-state index contributed by atoms with van der Waals surface area (Å²) in [7, 11) is 2.13. The zero-order chi connectivity index (χ0) is 16.4. The molecule has 1 amide bonds. The molecule has 0 bridgehead atoms. The number of fused-ring (bicyclic) bond motifs is 4. The van der Waals surface area contributed by atoms with Crippen molar-refractivity contribution in [2.75, 3.05) is 31.6 Å². The predicted molar refractivity (Wildman–Crippen MR) is 91.5 cm³/mol. The largest absolute Gasteiger partial charge is 0.483 e. The highest BCUT2D eigenvalue weighted by Gasteiger charge is 2.36. The van der Waals surface area contributed by atoms with Crippen molar-refractivity contribution < 1.29 is 9.53 Å². The van der Waals surface area contributed by atoms with Crippen molar-refractivity contribution in [2.24, 2.45) is 5.10 Å². The molecular weight excluding hydrogens is 306 g/mol. The van der Waals surface area contributed by atoms with E-state index in [9.17, 15) is 4.79 Å². The van der Waals surface area contributed by atoms with Gasteiger partial charge in [-0.2, -0.15) is 5.10 Å². The molecule has 4 heterocycles. The van der Waals surface area contributed by atoms with Crippen LogP contribution < -0.4 is 15.1 Å². The van der Waals surface area contributed by atoms with Gasteiger partial charge < -0.3 is 19.1 Å². The van der Waals surface area contributed by atoms with Gasteiger partial charge in [0.05, 0.1) is 17.2 Å². The van der Waals surface area contributed by atoms with E-state index in [2.05, 4.69) is 51.4 Å². The van der Waals surface area contributed by atoms with Gasteiger partial charge in [-0.1, -0.05) is 0 Å². The summed E-state index contributed by atoms with van der Waals surface area (Å²) in [5, 5.41) is 5.31. The number of benzene rings is 1. The third-order valence-electron chi connectivity index (χ3n) is 5.20. The number of nitrogens with zero attached hydrogens (tertiary/aromatic N) is 4. The van der Waals surface area contributed by atoms with E-state index in [1.54, 1.807) is 0 Å². The number of rotatable bonds is 1. The second-order valence-electron chi connectivity index (χ2n) is 6.82. The van der Waals surface area contributed by atoms with Crippen molar-refractivity contribution in [1.82, 2.24) is 14.9 Å². The van der Waals surface area contributed by atoms with E-state index in [-0.39, 0.29) is 11.9 Å². The lowest BCUT2D eigenvalue weighted by molar-refractivity contribution is -0.122. The fraction of sp³-hybridized carbons (Fsp3) is 0.412. The maximum Gasteiger partial charge on any atom is 0.262 e. The van der Waals surface area contributed by atoms with Crippen molar-refractivity contribution >= 4 is 28.3 Å². The minimum Gasteiger partial charge on any atom is -0.483 e. The molecule has 3 aliphatic heterocycles. The molecule has 1 fully saturated rings. The van der Waals surface area contributed by atoms with Crippen LogP contribution in [-0.4, -0.2) is 54.0 Å². The summed E-state index contributed by atoms with van der Waals surface area (Å²) >= 11 is 0. The molecule has 1 aromatic heterocycles. The third-order valence-corrected chi connectivity index (χ3v) is 5.20. The number of nitrogens with one attached hydrogen (secondary N) is 1. The molecule has 0 spiro atoms. The van der Waals surface area contributed by atoms with Gasteiger partial charge in [0, 0.05) is 24.7 Å². The van der Waals surface area contributed by atoms with Gasteiger partial charge in [0.25, 0.3) is 5.91 Å². The Hall–Kier alpha value is -2.54. The molecule has 0 aliphatic carbocycles. The second kappa shape index (κ2) is 4.73. The highest BCUT2D eigenvalue weighted by Crippen LogP contribution is 2.39. The van der Waals surface area contributed by atoms with Gasteiger partial charge in [-0.3, -0.25) is 4.79 Å². The van der Waals surface area contributed by atoms with Crippen molar-refractivity contribution in [2.45, 2.75) is 19.0 Å². The molecule has 0 saturated carbocycles. The van der Waals surface area contributed by atoms with Crippen LogP contribution in [0.2, 0.25) is 0 Å². The SMILES string of the molecule is CC1C(=O)NN=C2COc3cc4ccn(C5CN(C)C5)c4cc3N21. The summed E-state index contributed by atoms with van der Waals surface area (Å²) in [4.78, 5) is 16.3. The van der Waals surface area contributed by atoms with E-state index in [1.807, 2.05) is 11.8 Å². The van der Waals surface area contributed by atoms with Gasteiger partial charge in [-0.25, -0.2) is 5.43 Å². The Balaban J connectivity index is 1.65. The molecule has 0 radical (unpaired) electrons. The van der Waals surface area contributed by atoms with E-state index in [4.69, 9.17) is 4.74 Å². The molecule has 1 N–H and O–H groups in total. The number of carbonyl (C=O) groups is 1. The number of amides is 1. The molecule has 124 valence electrons. The van der Waals surface area contributed by atoms with Gasteiger partial charge >= 0.3 is 0 Å². The van der Waals surface area contributed by atoms with E-state index >= 15 is 0 Å². The normalized spacial score (nSPS) is 23.9. The van der Waals surface area contributed by atoms with E-state index < -0.39 is 0 Å². The average Bonchev–Trinajstić information content (AvgIpc) is 2.95. The average molecular weight is 325 g/mol. The molecule has 7 nitrogen and oxygen atoms in total. The minimum atomic E-state index is -0.296. The second-order valence-corrected chi connectivity index (χ2v) is 6.82. The summed E-state index contributed by atoms with van der Waals surface area (Å²) in [5.41, 5.74) is 4.66. The van der Waals surface area contributed by atoms with Crippen LogP contribution in [0.1, 0.15) is 13.0 Å². The summed E-state index contributed by atoms with van der Waals surface area (Å²) in [6.45, 7) is 4.39. The number of aromatic nitrogens is 1. The van der Waals surface area contributed by atoms with Crippen LogP contribution in [0.5, 0.6) is 5.75 Å². The maximum absolute atomic E-state index is 12.0. The van der Waals surface area contributed by atoms with Crippen LogP contribution in [0.4, 0.5) is 5.69 Å². The van der Waals surface area contributed by atoms with Crippen molar-refractivity contribution in [1.29, 1.82) is 0 Å². The zero-order valence-electron chi connectivity index (χ0n) is 13.7. The first-order valence-electron chi connectivity index (χ1n) is 8.23. The van der Waals surface area contributed by atoms with Gasteiger partial charge in [0.15, 0.2) is 5.84 Å². The first-order chi connectivity index (χ1) is 11.6. The predicted octanol–water partition coefficient (Wildman–Crippen LogP) is 1.16. The van der Waals surface area contributed by atoms with Crippen LogP contribution in [-0.2, 0) is 4.79 Å². The highest BCUT2D eigenvalue weighted by molar-refractivity contribution is 6.10. The lowest BCUT2D eigenvalue weighted by Gasteiger charge is -2.39. The smallest absolute Gasteiger partial charge is 0.262 e. The highest BCUT2D eigenvalue weighted by atomic mass is 16.5. The number of carbonyl (C=O) groups excluding carboxylic acids is 1. The Labute approximate surface area is 139 Å². The van der Waals surface area contributed by atoms with Crippen LogP contribution in [0.15, 0.2) is 29.5 Å². The zero-order valence-corrected chi connectivity index (χ0v) is 13.7. The lowest BCUT2D eigenvalue weighted by atomic mass is 10.1. The quantitative estimate of drug-likeness (QED) is 0.855. The monoisotopic (exact) mass is 325 g/mol. The molecule has 7 heteroatoms. The van der Waals surface area contributed by atoms with E-state index in [0.717, 1.165) is 35.7 Å². The number of hydrogen-bond acceptors (Lipinski definition) is 5. The molecule has 1 unspecified atom stereocenters. The van der Waals surface area contributed by atoms with Gasteiger partial charge in [0.1, 0.15) is 18.4 Å². The number of hydrogen-bond donors (Lipinski definition) is 1. The Morgan fingerprint density at radius 3 is 2.96 bits per heavy atom. The van der Waals surface area contributed by atoms with Crippen molar-refractivity contribution in [3.8, 4) is 5.75 Å². The first-order valence-corrected chi connectivity index (χ1v) is 8.23. The Kier molecular flexibility index (Phi) is 2.73. The first kappa shape index (κ1) is 13.9. The number of likely N-dealkylation sites (N-methyl/N-ethyl adjacent to an activating group) is 1. The van der Waals surface area contributed by atoms with E-state index in [1.165, 1.54) is 5.52 Å². The number of hydrazone groups is 1. The maximum atomic E-state index is 12.0. The molecular formula is C17H19N5O2. The summed E-state index contributed by atoms with van der Waals surface area (Å²) in [5.74, 6) is 1.46. The van der Waals surface area contributed by atoms with Crippen molar-refractivity contribution in [3.63, 3.8) is 0 Å². The molecule has 1 atom stereocenters. The molecule has 2 aromatic rings. The summed E-state index contributed by atoms with van der Waals surface area (Å²) in [6, 6.07) is 6.54. The van der Waals surface area contributed by atoms with Crippen LogP contribution in [0.25, 0.3) is 10.9 Å². The summed E-state index contributed by atoms with van der Waals surface area (Å²) < 4.78 is 8.20. The number of ether oxygens (including phenoxy) is 1. The number of amidine groups is 1. The summed E-state index contributed by atoms with van der Waals surface area (Å²) in [6.07, 6.45) is 2.15. The van der Waals surface area contributed by atoms with Crippen LogP contribution >= 0.6 is 0 Å². The lowest BCUT2D eigenvalue weighted by Crippen LogP contribution is -2.55. The standard InChI is InChI=1S/C17H19N5O2/c1-10-17(23)19-18-16-9-24-15-5-11-3-4-21(12-7-20(2)8-12)13(11)6-14(15)22(10)16/h3-6,10,12H,7-9H2,1-2H3,(H,19,23). The Morgan fingerprint density at radius 1 is 1.33 bits per heavy atom. The topological polar surface area (TPSA) is 62.1 Å². The van der Waals surface area contributed by atoms with E-state index in [0.29, 0.717) is 12.6 Å². The minimum absolute atomic E-state index is 0.0947. The molecule has 3 aliphatic rings. The fourth-order valence-electron chi connectivity index (χ4n) is 3.83.